The molecule has 1 aliphatic carbocycles. The highest BCUT2D eigenvalue weighted by Crippen LogP contribution is 2.30. The van der Waals surface area contributed by atoms with Crippen molar-refractivity contribution in [1.29, 1.82) is 0 Å². The van der Waals surface area contributed by atoms with Crippen molar-refractivity contribution < 1.29 is 14.4 Å². The van der Waals surface area contributed by atoms with Crippen LogP contribution in [0, 0.1) is 5.92 Å². The quantitative estimate of drug-likeness (QED) is 0.862. The molecule has 0 bridgehead atoms. The Balaban J connectivity index is 1.54. The summed E-state index contributed by atoms with van der Waals surface area (Å²) < 4.78 is 0. The minimum absolute atomic E-state index is 0.00627. The number of likely N-dealkylation sites (tertiary alicyclic amines) is 1. The van der Waals surface area contributed by atoms with E-state index in [1.165, 1.54) is 0 Å². The number of hydrogen-bond acceptors (Lipinski definition) is 3. The first-order valence-electron chi connectivity index (χ1n) is 8.10. The molecule has 1 aromatic carbocycles. The summed E-state index contributed by atoms with van der Waals surface area (Å²) in [6.07, 6.45) is 3.93. The zero-order chi connectivity index (χ0) is 16.2. The molecule has 6 nitrogen and oxygen atoms in total. The molecule has 1 saturated heterocycles. The van der Waals surface area contributed by atoms with Gasteiger partial charge in [0.15, 0.2) is 0 Å². The minimum Gasteiger partial charge on any atom is -0.343 e. The van der Waals surface area contributed by atoms with Crippen LogP contribution in [-0.4, -0.2) is 42.3 Å². The van der Waals surface area contributed by atoms with Crippen LogP contribution in [0.3, 0.4) is 0 Å². The molecule has 0 aromatic heterocycles. The molecule has 0 atom stereocenters. The number of anilines is 1. The predicted molar refractivity (Wildman–Crippen MR) is 85.9 cm³/mol. The number of carbonyl (C=O) groups is 3. The molecular weight excluding hydrogens is 294 g/mol. The van der Waals surface area contributed by atoms with E-state index in [2.05, 4.69) is 10.6 Å². The minimum atomic E-state index is -0.305. The van der Waals surface area contributed by atoms with Crippen LogP contribution in [0.4, 0.5) is 5.69 Å². The van der Waals surface area contributed by atoms with E-state index < -0.39 is 0 Å². The van der Waals surface area contributed by atoms with Gasteiger partial charge in [-0.05, 0) is 43.9 Å². The number of hydrogen-bond donors (Lipinski definition) is 2. The van der Waals surface area contributed by atoms with Crippen molar-refractivity contribution in [3.05, 3.63) is 29.8 Å². The third-order valence-electron chi connectivity index (χ3n) is 4.20. The van der Waals surface area contributed by atoms with Crippen molar-refractivity contribution in [3.8, 4) is 0 Å². The Bertz CT molecular complexity index is 619. The Morgan fingerprint density at radius 2 is 1.87 bits per heavy atom. The summed E-state index contributed by atoms with van der Waals surface area (Å²) in [7, 11) is 0. The molecule has 1 saturated carbocycles. The van der Waals surface area contributed by atoms with Gasteiger partial charge in [0.05, 0.1) is 6.54 Å². The third kappa shape index (κ3) is 4.09. The van der Waals surface area contributed by atoms with Gasteiger partial charge in [-0.2, -0.15) is 0 Å². The lowest BCUT2D eigenvalue weighted by molar-refractivity contribution is -0.129. The number of benzene rings is 1. The van der Waals surface area contributed by atoms with Gasteiger partial charge in [0, 0.05) is 30.3 Å². The van der Waals surface area contributed by atoms with E-state index in [1.54, 1.807) is 29.2 Å². The molecule has 1 aromatic rings. The lowest BCUT2D eigenvalue weighted by Crippen LogP contribution is -2.38. The summed E-state index contributed by atoms with van der Waals surface area (Å²) >= 11 is 0. The van der Waals surface area contributed by atoms with Crippen LogP contribution < -0.4 is 10.6 Å². The zero-order valence-corrected chi connectivity index (χ0v) is 13.0. The first-order chi connectivity index (χ1) is 11.1. The summed E-state index contributed by atoms with van der Waals surface area (Å²) in [6.45, 7) is 1.56. The zero-order valence-electron chi connectivity index (χ0n) is 13.0. The molecule has 6 heteroatoms. The number of amides is 3. The Kier molecular flexibility index (Phi) is 4.60. The van der Waals surface area contributed by atoms with Gasteiger partial charge in [-0.25, -0.2) is 0 Å². The first-order valence-corrected chi connectivity index (χ1v) is 8.10. The number of nitrogens with zero attached hydrogens (tertiary/aromatic N) is 1. The topological polar surface area (TPSA) is 78.5 Å². The Morgan fingerprint density at radius 1 is 1.13 bits per heavy atom. The Hall–Kier alpha value is -2.37. The molecular formula is C17H21N3O3. The average Bonchev–Trinajstić information content (AvgIpc) is 3.27. The van der Waals surface area contributed by atoms with E-state index in [1.807, 2.05) is 0 Å². The van der Waals surface area contributed by atoms with Crippen LogP contribution >= 0.6 is 0 Å². The maximum Gasteiger partial charge on any atom is 0.251 e. The fraction of sp³-hybridized carbons (Fsp3) is 0.471. The summed E-state index contributed by atoms with van der Waals surface area (Å²) in [5, 5.41) is 5.46. The molecule has 1 aliphatic heterocycles. The van der Waals surface area contributed by atoms with Crippen molar-refractivity contribution in [1.82, 2.24) is 10.2 Å². The normalized spacial score (nSPS) is 17.0. The molecule has 2 N–H and O–H groups in total. The van der Waals surface area contributed by atoms with E-state index in [0.717, 1.165) is 38.8 Å². The van der Waals surface area contributed by atoms with Crippen LogP contribution in [-0.2, 0) is 9.59 Å². The highest BCUT2D eigenvalue weighted by Gasteiger charge is 2.29. The van der Waals surface area contributed by atoms with E-state index in [9.17, 15) is 14.4 Å². The second-order valence-corrected chi connectivity index (χ2v) is 6.11. The number of rotatable bonds is 5. The predicted octanol–water partition coefficient (Wildman–Crippen LogP) is 1.39. The van der Waals surface area contributed by atoms with Gasteiger partial charge in [0.1, 0.15) is 0 Å². The van der Waals surface area contributed by atoms with Gasteiger partial charge in [0.2, 0.25) is 11.8 Å². The number of nitrogens with one attached hydrogen (secondary N) is 2. The van der Waals surface area contributed by atoms with Gasteiger partial charge in [-0.3, -0.25) is 14.4 Å². The molecule has 23 heavy (non-hydrogen) atoms. The molecule has 0 spiro atoms. The molecule has 2 fully saturated rings. The second kappa shape index (κ2) is 6.81. The van der Waals surface area contributed by atoms with E-state index >= 15 is 0 Å². The van der Waals surface area contributed by atoms with Gasteiger partial charge in [0.25, 0.3) is 5.91 Å². The highest BCUT2D eigenvalue weighted by atomic mass is 16.2. The van der Waals surface area contributed by atoms with Crippen LogP contribution in [0.15, 0.2) is 24.3 Å². The fourth-order valence-electron chi connectivity index (χ4n) is 2.66. The maximum absolute atomic E-state index is 12.2. The van der Waals surface area contributed by atoms with Crippen LogP contribution in [0.5, 0.6) is 0 Å². The summed E-state index contributed by atoms with van der Waals surface area (Å²) in [4.78, 5) is 37.6. The van der Waals surface area contributed by atoms with E-state index in [0.29, 0.717) is 11.3 Å². The van der Waals surface area contributed by atoms with Gasteiger partial charge < -0.3 is 15.5 Å². The number of carbonyl (C=O) groups excluding carboxylic acids is 3. The summed E-state index contributed by atoms with van der Waals surface area (Å²) in [5.74, 6) is -0.230. The van der Waals surface area contributed by atoms with E-state index in [4.69, 9.17) is 0 Å². The molecule has 1 heterocycles. The molecule has 0 radical (unpaired) electrons. The molecule has 2 aliphatic rings. The van der Waals surface area contributed by atoms with Crippen LogP contribution in [0.2, 0.25) is 0 Å². The maximum atomic E-state index is 12.2. The van der Waals surface area contributed by atoms with Crippen molar-refractivity contribution in [2.45, 2.75) is 25.7 Å². The highest BCUT2D eigenvalue weighted by molar-refractivity contribution is 5.99. The van der Waals surface area contributed by atoms with Crippen molar-refractivity contribution in [3.63, 3.8) is 0 Å². The largest absolute Gasteiger partial charge is 0.343 e. The third-order valence-corrected chi connectivity index (χ3v) is 4.20. The van der Waals surface area contributed by atoms with Crippen molar-refractivity contribution in [2.75, 3.05) is 25.0 Å². The average molecular weight is 315 g/mol. The molecule has 122 valence electrons. The Labute approximate surface area is 135 Å². The summed E-state index contributed by atoms with van der Waals surface area (Å²) in [6, 6.07) is 6.78. The first kappa shape index (κ1) is 15.5. The standard InChI is InChI=1S/C17H21N3O3/c21-15(20-8-1-2-9-20)11-18-16(22)13-4-3-5-14(10-13)19-17(23)12-6-7-12/h3-5,10,12H,1-2,6-9,11H2,(H,18,22)(H,19,23). The van der Waals surface area contributed by atoms with Gasteiger partial charge in [-0.15, -0.1) is 0 Å². The lowest BCUT2D eigenvalue weighted by Gasteiger charge is -2.15. The monoisotopic (exact) mass is 315 g/mol. The van der Waals surface area contributed by atoms with Crippen molar-refractivity contribution >= 4 is 23.4 Å². The van der Waals surface area contributed by atoms with Crippen LogP contribution in [0.1, 0.15) is 36.0 Å². The molecule has 3 amide bonds. The summed E-state index contributed by atoms with van der Waals surface area (Å²) in [5.41, 5.74) is 1.05. The smallest absolute Gasteiger partial charge is 0.251 e. The SMILES string of the molecule is O=C(NCC(=O)N1CCCC1)c1cccc(NC(=O)C2CC2)c1. The second-order valence-electron chi connectivity index (χ2n) is 6.11. The lowest BCUT2D eigenvalue weighted by atomic mass is 10.2. The fourth-order valence-corrected chi connectivity index (χ4v) is 2.66. The molecule has 0 unspecified atom stereocenters. The van der Waals surface area contributed by atoms with E-state index in [-0.39, 0.29) is 30.2 Å². The van der Waals surface area contributed by atoms with Gasteiger partial charge >= 0.3 is 0 Å². The Morgan fingerprint density at radius 3 is 2.57 bits per heavy atom. The van der Waals surface area contributed by atoms with Crippen LogP contribution in [0.25, 0.3) is 0 Å². The van der Waals surface area contributed by atoms with Crippen molar-refractivity contribution in [2.24, 2.45) is 5.92 Å². The molecule has 3 rings (SSSR count). The van der Waals surface area contributed by atoms with Gasteiger partial charge in [-0.1, -0.05) is 6.07 Å².